The van der Waals surface area contributed by atoms with Gasteiger partial charge in [-0.15, -0.1) is 0 Å². The van der Waals surface area contributed by atoms with Gasteiger partial charge in [-0.3, -0.25) is 4.90 Å². The van der Waals surface area contributed by atoms with Crippen LogP contribution in [0, 0.1) is 6.92 Å². The fraction of sp³-hybridized carbons (Fsp3) is 0.500. The third kappa shape index (κ3) is 5.31. The van der Waals surface area contributed by atoms with Crippen LogP contribution in [0.25, 0.3) is 0 Å². The number of benzene rings is 1. The van der Waals surface area contributed by atoms with Crippen molar-refractivity contribution < 1.29 is 38.1 Å². The summed E-state index contributed by atoms with van der Waals surface area (Å²) in [7, 11) is 1.56. The molecule has 1 fully saturated rings. The van der Waals surface area contributed by atoms with Crippen LogP contribution < -0.4 is 4.74 Å². The molecule has 1 aromatic carbocycles. The van der Waals surface area contributed by atoms with E-state index in [1.807, 2.05) is 0 Å². The third-order valence-corrected chi connectivity index (χ3v) is 5.12. The van der Waals surface area contributed by atoms with E-state index in [0.717, 1.165) is 0 Å². The average molecular weight is 462 g/mol. The molecule has 2 aromatic rings. The molecule has 1 unspecified atom stereocenters. The fourth-order valence-electron chi connectivity index (χ4n) is 3.69. The number of aryl methyl sites for hydroxylation is 1. The Labute approximate surface area is 193 Å². The lowest BCUT2D eigenvalue weighted by Crippen LogP contribution is -2.39. The van der Waals surface area contributed by atoms with Crippen molar-refractivity contribution in [2.24, 2.45) is 0 Å². The quantitative estimate of drug-likeness (QED) is 0.640. The molecule has 180 valence electrons. The van der Waals surface area contributed by atoms with Crippen molar-refractivity contribution in [3.05, 3.63) is 53.0 Å². The molecular formula is C24H31NO8. The van der Waals surface area contributed by atoms with Gasteiger partial charge in [0.25, 0.3) is 0 Å². The number of amides is 1. The Kier molecular flexibility index (Phi) is 7.34. The van der Waals surface area contributed by atoms with E-state index in [2.05, 4.69) is 0 Å². The molecule has 0 saturated carbocycles. The van der Waals surface area contributed by atoms with Gasteiger partial charge in [0.05, 0.1) is 20.3 Å². The van der Waals surface area contributed by atoms with E-state index in [9.17, 15) is 14.7 Å². The highest BCUT2D eigenvalue weighted by Crippen LogP contribution is 2.45. The second kappa shape index (κ2) is 9.84. The first-order valence-electron chi connectivity index (χ1n) is 10.8. The summed E-state index contributed by atoms with van der Waals surface area (Å²) in [6.07, 6.45) is -2.31. The number of aliphatic hydroxyl groups excluding tert-OH is 1. The van der Waals surface area contributed by atoms with E-state index < -0.39 is 36.0 Å². The normalized spacial score (nSPS) is 20.6. The summed E-state index contributed by atoms with van der Waals surface area (Å²) in [4.78, 5) is 27.0. The maximum absolute atomic E-state index is 13.3. The molecule has 1 amide bonds. The van der Waals surface area contributed by atoms with Crippen molar-refractivity contribution in [1.29, 1.82) is 0 Å². The van der Waals surface area contributed by atoms with Gasteiger partial charge in [0.1, 0.15) is 40.6 Å². The highest BCUT2D eigenvalue weighted by atomic mass is 16.6. The van der Waals surface area contributed by atoms with Crippen LogP contribution in [0.1, 0.15) is 67.4 Å². The molecule has 9 nitrogen and oxygen atoms in total. The Hall–Kier alpha value is -3.04. The van der Waals surface area contributed by atoms with Crippen LogP contribution in [0.2, 0.25) is 0 Å². The predicted octanol–water partition coefficient (Wildman–Crippen LogP) is 4.14. The summed E-state index contributed by atoms with van der Waals surface area (Å²) in [6, 6.07) is 7.74. The largest absolute Gasteiger partial charge is 0.497 e. The molecular weight excluding hydrogens is 430 g/mol. The number of rotatable bonds is 6. The maximum atomic E-state index is 13.3. The number of aliphatic hydroxyl groups is 1. The van der Waals surface area contributed by atoms with Crippen LogP contribution in [-0.2, 0) is 14.2 Å². The summed E-state index contributed by atoms with van der Waals surface area (Å²) in [5.74, 6) is 0.755. The minimum Gasteiger partial charge on any atom is -0.497 e. The lowest BCUT2D eigenvalue weighted by molar-refractivity contribution is -0.0320. The monoisotopic (exact) mass is 461 g/mol. The average Bonchev–Trinajstić information content (AvgIpc) is 3.33. The minimum atomic E-state index is -0.857. The molecule has 33 heavy (non-hydrogen) atoms. The summed E-state index contributed by atoms with van der Waals surface area (Å²) in [5, 5.41) is 10.1. The summed E-state index contributed by atoms with van der Waals surface area (Å²) < 4.78 is 27.9. The van der Waals surface area contributed by atoms with Crippen molar-refractivity contribution in [1.82, 2.24) is 4.90 Å². The van der Waals surface area contributed by atoms with Gasteiger partial charge < -0.3 is 28.5 Å². The minimum absolute atomic E-state index is 0.216. The first kappa shape index (κ1) is 24.6. The predicted molar refractivity (Wildman–Crippen MR) is 118 cm³/mol. The van der Waals surface area contributed by atoms with E-state index in [-0.39, 0.29) is 24.5 Å². The lowest BCUT2D eigenvalue weighted by atomic mass is 10.1. The van der Waals surface area contributed by atoms with Gasteiger partial charge in [-0.1, -0.05) is 12.1 Å². The number of carbonyl (C=O) groups is 2. The summed E-state index contributed by atoms with van der Waals surface area (Å²) >= 11 is 0. The van der Waals surface area contributed by atoms with Crippen LogP contribution in [0.3, 0.4) is 0 Å². The SMILES string of the molecule is CCOC(=O)c1cc([C@H]2[C@H](CO)OC(c3ccc(OC)cc3)N2C(=O)OC(C)(C)C)oc1C. The molecule has 1 N–H and O–H groups in total. The van der Waals surface area contributed by atoms with E-state index in [1.165, 1.54) is 11.0 Å². The highest BCUT2D eigenvalue weighted by Gasteiger charge is 2.49. The van der Waals surface area contributed by atoms with E-state index in [4.69, 9.17) is 23.4 Å². The lowest BCUT2D eigenvalue weighted by Gasteiger charge is -2.30. The molecule has 1 aromatic heterocycles. The van der Waals surface area contributed by atoms with E-state index in [0.29, 0.717) is 17.1 Å². The van der Waals surface area contributed by atoms with Crippen LogP contribution >= 0.6 is 0 Å². The van der Waals surface area contributed by atoms with E-state index >= 15 is 0 Å². The molecule has 0 bridgehead atoms. The number of hydrogen-bond acceptors (Lipinski definition) is 8. The zero-order chi connectivity index (χ0) is 24.3. The molecule has 9 heteroatoms. The van der Waals surface area contributed by atoms with Crippen molar-refractivity contribution in [3.63, 3.8) is 0 Å². The van der Waals surface area contributed by atoms with Crippen molar-refractivity contribution in [3.8, 4) is 5.75 Å². The first-order chi connectivity index (χ1) is 15.6. The van der Waals surface area contributed by atoms with Crippen molar-refractivity contribution >= 4 is 12.1 Å². The molecule has 1 saturated heterocycles. The van der Waals surface area contributed by atoms with E-state index in [1.54, 1.807) is 66.0 Å². The molecule has 3 atom stereocenters. The summed E-state index contributed by atoms with van der Waals surface area (Å²) in [6.45, 7) is 8.47. The standard InChI is InChI=1S/C24H31NO8/c1-7-30-22(27)17-12-18(31-14(17)2)20-19(13-26)32-21(15-8-10-16(29-6)11-9-15)25(20)23(28)33-24(3,4)5/h8-12,19-21,26H,7,13H2,1-6H3/t19-,20-,21?/m0/s1. The third-order valence-electron chi connectivity index (χ3n) is 5.12. The second-order valence-electron chi connectivity index (χ2n) is 8.65. The van der Waals surface area contributed by atoms with Crippen LogP contribution in [-0.4, -0.2) is 54.1 Å². The summed E-state index contributed by atoms with van der Waals surface area (Å²) in [5.41, 5.74) is 0.149. The van der Waals surface area contributed by atoms with Gasteiger partial charge >= 0.3 is 12.1 Å². The molecule has 0 aliphatic carbocycles. The second-order valence-corrected chi connectivity index (χ2v) is 8.65. The Morgan fingerprint density at radius 3 is 2.39 bits per heavy atom. The molecule has 1 aliphatic rings. The molecule has 2 heterocycles. The number of ether oxygens (including phenoxy) is 4. The number of nitrogens with zero attached hydrogens (tertiary/aromatic N) is 1. The Morgan fingerprint density at radius 2 is 1.85 bits per heavy atom. The Balaban J connectivity index is 2.06. The molecule has 0 radical (unpaired) electrons. The van der Waals surface area contributed by atoms with Crippen molar-refractivity contribution in [2.45, 2.75) is 58.6 Å². The van der Waals surface area contributed by atoms with Gasteiger partial charge in [0, 0.05) is 5.56 Å². The topological polar surface area (TPSA) is 108 Å². The molecule has 3 rings (SSSR count). The van der Waals surface area contributed by atoms with Gasteiger partial charge in [-0.05, 0) is 52.8 Å². The number of hydrogen-bond donors (Lipinski definition) is 1. The van der Waals surface area contributed by atoms with Gasteiger partial charge in [0.2, 0.25) is 0 Å². The number of carbonyl (C=O) groups excluding carboxylic acids is 2. The maximum Gasteiger partial charge on any atom is 0.413 e. The van der Waals surface area contributed by atoms with Gasteiger partial charge in [0.15, 0.2) is 6.23 Å². The number of methoxy groups -OCH3 is 1. The van der Waals surface area contributed by atoms with Crippen LogP contribution in [0.15, 0.2) is 34.7 Å². The molecule has 1 aliphatic heterocycles. The first-order valence-corrected chi connectivity index (χ1v) is 10.8. The zero-order valence-electron chi connectivity index (χ0n) is 19.8. The Morgan fingerprint density at radius 1 is 1.18 bits per heavy atom. The van der Waals surface area contributed by atoms with Crippen LogP contribution in [0.4, 0.5) is 4.79 Å². The smallest absolute Gasteiger partial charge is 0.413 e. The van der Waals surface area contributed by atoms with Crippen LogP contribution in [0.5, 0.6) is 5.75 Å². The number of esters is 1. The highest BCUT2D eigenvalue weighted by molar-refractivity contribution is 5.90. The van der Waals surface area contributed by atoms with Crippen molar-refractivity contribution in [2.75, 3.05) is 20.3 Å². The van der Waals surface area contributed by atoms with Gasteiger partial charge in [-0.25, -0.2) is 9.59 Å². The number of furan rings is 1. The Bertz CT molecular complexity index is 975. The molecule has 0 spiro atoms. The fourth-order valence-corrected chi connectivity index (χ4v) is 3.69. The van der Waals surface area contributed by atoms with Gasteiger partial charge in [-0.2, -0.15) is 0 Å². The zero-order valence-corrected chi connectivity index (χ0v) is 19.8.